The molecule has 2 aromatic rings. The Morgan fingerprint density at radius 2 is 1.66 bits per heavy atom. The molecule has 62 heavy (non-hydrogen) atoms. The Morgan fingerprint density at radius 1 is 0.968 bits per heavy atom. The van der Waals surface area contributed by atoms with Gasteiger partial charge >= 0.3 is 18.2 Å². The lowest BCUT2D eigenvalue weighted by atomic mass is 9.81. The monoisotopic (exact) mass is 869 g/mol. The van der Waals surface area contributed by atoms with Crippen LogP contribution in [0.3, 0.4) is 0 Å². The minimum atomic E-state index is -1.17. The highest BCUT2D eigenvalue weighted by Crippen LogP contribution is 2.30. The Morgan fingerprint density at radius 3 is 2.29 bits per heavy atom. The van der Waals surface area contributed by atoms with Gasteiger partial charge in [0.05, 0.1) is 19.3 Å². The molecule has 1 aromatic carbocycles. The van der Waals surface area contributed by atoms with E-state index in [1.54, 1.807) is 27.9 Å². The molecular formula is C45H72N8O9. The number of ether oxygens (including phenoxy) is 2. The molecule has 2 fully saturated rings. The van der Waals surface area contributed by atoms with Crippen LogP contribution in [0.1, 0.15) is 122 Å². The van der Waals surface area contributed by atoms with E-state index in [-0.39, 0.29) is 42.7 Å². The highest BCUT2D eigenvalue weighted by atomic mass is 16.7. The van der Waals surface area contributed by atoms with Crippen LogP contribution in [0.5, 0.6) is 5.75 Å². The van der Waals surface area contributed by atoms with Crippen molar-refractivity contribution < 1.29 is 43.4 Å². The van der Waals surface area contributed by atoms with Gasteiger partial charge in [0.1, 0.15) is 23.7 Å². The van der Waals surface area contributed by atoms with Crippen molar-refractivity contribution in [2.24, 2.45) is 17.8 Å². The molecule has 6 N–H and O–H groups in total. The fraction of sp³-hybridized carbons (Fsp3) is 0.689. The third kappa shape index (κ3) is 16.8. The summed E-state index contributed by atoms with van der Waals surface area (Å²) < 4.78 is 12.0. The largest absolute Gasteiger partial charge is 0.497 e. The second-order valence-electron chi connectivity index (χ2n) is 18.0. The standard InChI is InChI=1S/C45H72N8O9/c1-8-47-42(57)48-27-33(30(2)3)25-39(54)37(24-32-12-10-9-11-13-32)50-41(56)38(51-62-44(59)52-22-20-34(21-23-52)49-43(58)61-45(4,5)6)26-35-28-46-29-53(35)40(55)19-16-31-14-17-36(60-7)18-15-31/h14-15,17-18,28-30,32-34,37-39,51,54H,8-13,16,19-27H2,1-7H3,(H,49,58)(H,50,56)(H2,47,48,57)/t33-,37+,38?,39+/m1/s1. The lowest BCUT2D eigenvalue weighted by Crippen LogP contribution is -2.54. The predicted molar refractivity (Wildman–Crippen MR) is 234 cm³/mol. The summed E-state index contributed by atoms with van der Waals surface area (Å²) in [5.41, 5.74) is 3.47. The van der Waals surface area contributed by atoms with E-state index in [9.17, 15) is 29.1 Å². The number of hydrogen-bond donors (Lipinski definition) is 6. The van der Waals surface area contributed by atoms with E-state index in [1.165, 1.54) is 22.0 Å². The summed E-state index contributed by atoms with van der Waals surface area (Å²) in [6.07, 6.45) is 8.52. The van der Waals surface area contributed by atoms with Crippen molar-refractivity contribution >= 4 is 30.0 Å². The van der Waals surface area contributed by atoms with Crippen LogP contribution in [0.4, 0.5) is 14.4 Å². The van der Waals surface area contributed by atoms with Crippen molar-refractivity contribution in [1.29, 1.82) is 0 Å². The zero-order chi connectivity index (χ0) is 45.2. The van der Waals surface area contributed by atoms with Gasteiger partial charge in [0.2, 0.25) is 11.8 Å². The fourth-order valence-electron chi connectivity index (χ4n) is 8.02. The minimum Gasteiger partial charge on any atom is -0.497 e. The lowest BCUT2D eigenvalue weighted by molar-refractivity contribution is -0.128. The van der Waals surface area contributed by atoms with Crippen LogP contribution in [0.25, 0.3) is 0 Å². The zero-order valence-corrected chi connectivity index (χ0v) is 37.9. The summed E-state index contributed by atoms with van der Waals surface area (Å²) in [5, 5.41) is 23.5. The van der Waals surface area contributed by atoms with Crippen LogP contribution in [0, 0.1) is 17.8 Å². The first kappa shape index (κ1) is 49.8. The van der Waals surface area contributed by atoms with E-state index in [1.807, 2.05) is 45.0 Å². The van der Waals surface area contributed by atoms with Gasteiger partial charge in [-0.15, -0.1) is 5.48 Å². The molecule has 1 saturated carbocycles. The lowest BCUT2D eigenvalue weighted by Gasteiger charge is -2.34. The predicted octanol–water partition coefficient (Wildman–Crippen LogP) is 5.50. The first-order valence-corrected chi connectivity index (χ1v) is 22.4. The third-order valence-electron chi connectivity index (χ3n) is 11.7. The number of amides is 5. The number of nitrogens with one attached hydrogen (secondary N) is 5. The van der Waals surface area contributed by atoms with Crippen LogP contribution in [-0.2, 0) is 27.2 Å². The van der Waals surface area contributed by atoms with E-state index in [4.69, 9.17) is 14.3 Å². The Bertz CT molecular complexity index is 1720. The van der Waals surface area contributed by atoms with Crippen LogP contribution >= 0.6 is 0 Å². The van der Waals surface area contributed by atoms with Gasteiger partial charge in [-0.25, -0.2) is 19.4 Å². The van der Waals surface area contributed by atoms with E-state index < -0.39 is 41.9 Å². The van der Waals surface area contributed by atoms with Crippen LogP contribution in [0.15, 0.2) is 36.8 Å². The highest BCUT2D eigenvalue weighted by molar-refractivity contribution is 5.83. The minimum absolute atomic E-state index is 0.0629. The van der Waals surface area contributed by atoms with Crippen LogP contribution in [-0.4, -0.2) is 113 Å². The van der Waals surface area contributed by atoms with Gasteiger partial charge in [0, 0.05) is 57.0 Å². The molecule has 1 aliphatic carbocycles. The van der Waals surface area contributed by atoms with Gasteiger partial charge < -0.3 is 45.6 Å². The number of methoxy groups -OCH3 is 1. The van der Waals surface area contributed by atoms with Gasteiger partial charge in [-0.1, -0.05) is 58.1 Å². The number of aromatic nitrogens is 2. The Hall–Kier alpha value is -4.90. The molecule has 17 heteroatoms. The first-order chi connectivity index (χ1) is 29.5. The van der Waals surface area contributed by atoms with E-state index in [0.29, 0.717) is 69.9 Å². The molecule has 1 aromatic heterocycles. The van der Waals surface area contributed by atoms with Gasteiger partial charge in [0.15, 0.2) is 0 Å². The SMILES string of the molecule is CCNC(=O)NC[C@@H](C[C@H](O)[C@H](CC1CCCCC1)NC(=O)C(Cc1cncn1C(=O)CCc1ccc(OC)cc1)NOC(=O)N1CCC(NC(=O)OC(C)(C)C)CC1)C(C)C. The number of carbonyl (C=O) groups is 5. The third-order valence-corrected chi connectivity index (χ3v) is 11.7. The van der Waals surface area contributed by atoms with E-state index >= 15 is 0 Å². The van der Waals surface area contributed by atoms with E-state index in [0.717, 1.165) is 43.4 Å². The average Bonchev–Trinajstić information content (AvgIpc) is 3.71. The number of rotatable bonds is 20. The molecule has 0 bridgehead atoms. The number of benzene rings is 1. The number of hydroxylamine groups is 1. The molecule has 2 aliphatic rings. The molecule has 1 saturated heterocycles. The number of hydrogen-bond acceptors (Lipinski definition) is 11. The molecule has 2 heterocycles. The molecule has 0 radical (unpaired) electrons. The molecule has 1 unspecified atom stereocenters. The summed E-state index contributed by atoms with van der Waals surface area (Å²) in [4.78, 5) is 77.5. The van der Waals surface area contributed by atoms with Crippen molar-refractivity contribution in [2.75, 3.05) is 33.3 Å². The number of nitrogens with zero attached hydrogens (tertiary/aromatic N) is 3. The van der Waals surface area contributed by atoms with Gasteiger partial charge in [-0.3, -0.25) is 14.2 Å². The number of piperidine rings is 1. The summed E-state index contributed by atoms with van der Waals surface area (Å²) in [6.45, 7) is 12.8. The molecular weight excluding hydrogens is 797 g/mol. The van der Waals surface area contributed by atoms with Crippen molar-refractivity contribution in [1.82, 2.24) is 41.2 Å². The maximum atomic E-state index is 14.5. The number of alkyl carbamates (subject to hydrolysis) is 1. The fourth-order valence-corrected chi connectivity index (χ4v) is 8.02. The first-order valence-electron chi connectivity index (χ1n) is 22.4. The van der Waals surface area contributed by atoms with Gasteiger partial charge in [-0.05, 0) is 95.2 Å². The van der Waals surface area contributed by atoms with Crippen molar-refractivity contribution in [3.05, 3.63) is 48.0 Å². The Balaban J connectivity index is 1.50. The number of aliphatic hydroxyl groups is 1. The van der Waals surface area contributed by atoms with Crippen molar-refractivity contribution in [3.63, 3.8) is 0 Å². The number of aryl methyl sites for hydroxylation is 1. The second-order valence-corrected chi connectivity index (χ2v) is 18.0. The summed E-state index contributed by atoms with van der Waals surface area (Å²) in [5.74, 6) is 0.339. The molecule has 4 atom stereocenters. The van der Waals surface area contributed by atoms with Crippen LogP contribution in [0.2, 0.25) is 0 Å². The second kappa shape index (κ2) is 24.7. The molecule has 17 nitrogen and oxygen atoms in total. The van der Waals surface area contributed by atoms with Gasteiger partial charge in [-0.2, -0.15) is 0 Å². The molecule has 5 amide bonds. The molecule has 346 valence electrons. The number of imidazole rings is 1. The summed E-state index contributed by atoms with van der Waals surface area (Å²) in [7, 11) is 1.59. The number of urea groups is 1. The smallest absolute Gasteiger partial charge is 0.428 e. The Kier molecular flexibility index (Phi) is 19.8. The maximum Gasteiger partial charge on any atom is 0.428 e. The van der Waals surface area contributed by atoms with Crippen molar-refractivity contribution in [3.8, 4) is 5.75 Å². The summed E-state index contributed by atoms with van der Waals surface area (Å²) in [6, 6.07) is 5.22. The number of carbonyl (C=O) groups excluding carboxylic acids is 5. The maximum absolute atomic E-state index is 14.5. The van der Waals surface area contributed by atoms with E-state index in [2.05, 4.69) is 31.7 Å². The quantitative estimate of drug-likeness (QED) is 0.0914. The average molecular weight is 869 g/mol. The zero-order valence-electron chi connectivity index (χ0n) is 37.9. The normalized spacial score (nSPS) is 17.0. The summed E-state index contributed by atoms with van der Waals surface area (Å²) >= 11 is 0. The number of likely N-dealkylation sites (tertiary alicyclic amines) is 1. The molecule has 1 aliphatic heterocycles. The highest BCUT2D eigenvalue weighted by Gasteiger charge is 2.34. The number of aliphatic hydroxyl groups excluding tert-OH is 1. The molecule has 4 rings (SSSR count). The topological polar surface area (TPSA) is 214 Å². The van der Waals surface area contributed by atoms with Crippen LogP contribution < -0.4 is 31.5 Å². The van der Waals surface area contributed by atoms with Crippen molar-refractivity contribution in [2.45, 2.75) is 148 Å². The molecule has 0 spiro atoms. The van der Waals surface area contributed by atoms with Gasteiger partial charge in [0.25, 0.3) is 0 Å². The Labute approximate surface area is 367 Å².